The minimum atomic E-state index is -0.366. The molecule has 0 radical (unpaired) electrons. The average molecular weight is 490 g/mol. The summed E-state index contributed by atoms with van der Waals surface area (Å²) in [6.45, 7) is 1.49. The summed E-state index contributed by atoms with van der Waals surface area (Å²) in [6, 6.07) is 6.23. The Hall–Kier alpha value is -3.50. The summed E-state index contributed by atoms with van der Waals surface area (Å²) in [4.78, 5) is 22.9. The minimum absolute atomic E-state index is 0.0494. The Morgan fingerprint density at radius 2 is 2.06 bits per heavy atom. The SMILES string of the molecule is CNc1cc(-c2cn(C3CCOCC3)c3ncccc23)nc2c(C(=O)N[C@@H]3CCC[C@@H](O)C3)cnn12. The van der Waals surface area contributed by atoms with E-state index in [0.29, 0.717) is 23.7 Å². The van der Waals surface area contributed by atoms with Gasteiger partial charge in [-0.3, -0.25) is 4.79 Å². The van der Waals surface area contributed by atoms with Gasteiger partial charge < -0.3 is 25.0 Å². The average Bonchev–Trinajstić information content (AvgIpc) is 3.51. The van der Waals surface area contributed by atoms with Gasteiger partial charge in [-0.15, -0.1) is 0 Å². The van der Waals surface area contributed by atoms with E-state index in [4.69, 9.17) is 14.7 Å². The number of aliphatic hydroxyl groups is 1. The van der Waals surface area contributed by atoms with Crippen LogP contribution in [-0.2, 0) is 4.74 Å². The summed E-state index contributed by atoms with van der Waals surface area (Å²) in [6.07, 6.45) is 10.2. The first-order valence-electron chi connectivity index (χ1n) is 12.7. The lowest BCUT2D eigenvalue weighted by Gasteiger charge is -2.26. The second-order valence-electron chi connectivity index (χ2n) is 9.73. The molecule has 3 N–H and O–H groups in total. The summed E-state index contributed by atoms with van der Waals surface area (Å²) >= 11 is 0. The van der Waals surface area contributed by atoms with Crippen molar-refractivity contribution in [2.45, 2.75) is 56.7 Å². The number of hydrogen-bond acceptors (Lipinski definition) is 7. The van der Waals surface area contributed by atoms with Crippen LogP contribution in [0.3, 0.4) is 0 Å². The molecule has 5 heterocycles. The normalized spacial score (nSPS) is 21.2. The lowest BCUT2D eigenvalue weighted by atomic mass is 9.93. The van der Waals surface area contributed by atoms with Crippen LogP contribution in [-0.4, -0.2) is 67.6 Å². The van der Waals surface area contributed by atoms with E-state index < -0.39 is 0 Å². The smallest absolute Gasteiger partial charge is 0.256 e. The number of carbonyl (C=O) groups excluding carboxylic acids is 1. The number of pyridine rings is 1. The lowest BCUT2D eigenvalue weighted by Crippen LogP contribution is -2.39. The van der Waals surface area contributed by atoms with Gasteiger partial charge in [0.1, 0.15) is 17.0 Å². The van der Waals surface area contributed by atoms with Crippen molar-refractivity contribution in [1.82, 2.24) is 29.5 Å². The van der Waals surface area contributed by atoms with E-state index in [1.807, 2.05) is 25.4 Å². The van der Waals surface area contributed by atoms with Crippen molar-refractivity contribution >= 4 is 28.4 Å². The molecule has 4 aromatic heterocycles. The predicted molar refractivity (Wildman–Crippen MR) is 136 cm³/mol. The molecule has 0 spiro atoms. The van der Waals surface area contributed by atoms with Crippen LogP contribution in [0.1, 0.15) is 54.9 Å². The van der Waals surface area contributed by atoms with E-state index in [1.54, 1.807) is 10.7 Å². The lowest BCUT2D eigenvalue weighted by molar-refractivity contribution is 0.0706. The molecule has 0 bridgehead atoms. The monoisotopic (exact) mass is 489 g/mol. The molecule has 1 amide bonds. The summed E-state index contributed by atoms with van der Waals surface area (Å²) < 4.78 is 9.48. The van der Waals surface area contributed by atoms with Crippen molar-refractivity contribution in [1.29, 1.82) is 0 Å². The highest BCUT2D eigenvalue weighted by atomic mass is 16.5. The van der Waals surface area contributed by atoms with E-state index in [9.17, 15) is 9.90 Å². The van der Waals surface area contributed by atoms with Crippen LogP contribution in [0.2, 0.25) is 0 Å². The third-order valence-corrected chi connectivity index (χ3v) is 7.40. The van der Waals surface area contributed by atoms with Gasteiger partial charge in [0.2, 0.25) is 0 Å². The first-order chi connectivity index (χ1) is 17.6. The molecule has 2 atom stereocenters. The fourth-order valence-electron chi connectivity index (χ4n) is 5.53. The standard InChI is InChI=1S/C26H31N7O3/c1-27-23-13-22(21-15-32(17-7-10-36-11-8-17)24-19(21)6-3-9-28-24)31-25-20(14-29-33(23)25)26(35)30-16-4-2-5-18(34)12-16/h3,6,9,13-18,27,34H,2,4-5,7-8,10-12H2,1H3,(H,30,35)/t16-,18-/m1/s1. The number of anilines is 1. The number of aliphatic hydroxyl groups excluding tert-OH is 1. The number of hydrogen-bond donors (Lipinski definition) is 3. The molecule has 1 saturated carbocycles. The summed E-state index contributed by atoms with van der Waals surface area (Å²) in [5, 5.41) is 21.7. The highest BCUT2D eigenvalue weighted by Gasteiger charge is 2.26. The van der Waals surface area contributed by atoms with Crippen molar-refractivity contribution in [3.8, 4) is 11.3 Å². The molecule has 1 aliphatic carbocycles. The van der Waals surface area contributed by atoms with Gasteiger partial charge in [0.15, 0.2) is 5.65 Å². The zero-order valence-corrected chi connectivity index (χ0v) is 20.4. The fourth-order valence-corrected chi connectivity index (χ4v) is 5.53. The molecule has 10 nitrogen and oxygen atoms in total. The van der Waals surface area contributed by atoms with Crippen LogP contribution in [0.25, 0.3) is 27.9 Å². The molecule has 0 aromatic carbocycles. The van der Waals surface area contributed by atoms with E-state index in [2.05, 4.69) is 32.6 Å². The van der Waals surface area contributed by atoms with E-state index >= 15 is 0 Å². The Morgan fingerprint density at radius 1 is 1.19 bits per heavy atom. The maximum absolute atomic E-state index is 13.2. The predicted octanol–water partition coefficient (Wildman–Crippen LogP) is 3.17. The molecule has 1 aliphatic heterocycles. The Labute approximate surface area is 208 Å². The number of rotatable bonds is 5. The van der Waals surface area contributed by atoms with Gasteiger partial charge in [-0.1, -0.05) is 0 Å². The molecule has 2 fully saturated rings. The van der Waals surface area contributed by atoms with Crippen LogP contribution >= 0.6 is 0 Å². The van der Waals surface area contributed by atoms with Gasteiger partial charge in [-0.25, -0.2) is 9.97 Å². The summed E-state index contributed by atoms with van der Waals surface area (Å²) in [5.41, 5.74) is 3.54. The maximum atomic E-state index is 13.2. The van der Waals surface area contributed by atoms with Crippen molar-refractivity contribution in [3.05, 3.63) is 42.4 Å². The highest BCUT2D eigenvalue weighted by molar-refractivity contribution is 6.01. The molecule has 4 aromatic rings. The Kier molecular flexibility index (Phi) is 6.06. The van der Waals surface area contributed by atoms with E-state index in [1.165, 1.54) is 0 Å². The Bertz CT molecular complexity index is 1410. The van der Waals surface area contributed by atoms with Crippen LogP contribution in [0.4, 0.5) is 5.82 Å². The number of ether oxygens (including phenoxy) is 1. The van der Waals surface area contributed by atoms with Crippen LogP contribution in [0.15, 0.2) is 36.8 Å². The van der Waals surface area contributed by atoms with E-state index in [0.717, 1.165) is 73.4 Å². The first-order valence-corrected chi connectivity index (χ1v) is 12.7. The topological polar surface area (TPSA) is 119 Å². The largest absolute Gasteiger partial charge is 0.393 e. The Morgan fingerprint density at radius 3 is 2.86 bits per heavy atom. The van der Waals surface area contributed by atoms with Crippen molar-refractivity contribution in [3.63, 3.8) is 0 Å². The van der Waals surface area contributed by atoms with Gasteiger partial charge in [0, 0.05) is 61.8 Å². The minimum Gasteiger partial charge on any atom is -0.393 e. The van der Waals surface area contributed by atoms with Crippen molar-refractivity contribution in [2.75, 3.05) is 25.6 Å². The molecule has 188 valence electrons. The van der Waals surface area contributed by atoms with Gasteiger partial charge in [0.25, 0.3) is 5.91 Å². The zero-order valence-electron chi connectivity index (χ0n) is 20.4. The molecule has 10 heteroatoms. The summed E-state index contributed by atoms with van der Waals surface area (Å²) in [5.74, 6) is 0.514. The fraction of sp³-hybridized carbons (Fsp3) is 0.462. The molecular formula is C26H31N7O3. The third-order valence-electron chi connectivity index (χ3n) is 7.40. The van der Waals surface area contributed by atoms with Crippen LogP contribution < -0.4 is 10.6 Å². The zero-order chi connectivity index (χ0) is 24.6. The van der Waals surface area contributed by atoms with Crippen molar-refractivity contribution in [2.24, 2.45) is 0 Å². The third kappa shape index (κ3) is 4.10. The molecule has 36 heavy (non-hydrogen) atoms. The van der Waals surface area contributed by atoms with Gasteiger partial charge in [-0.2, -0.15) is 9.61 Å². The van der Waals surface area contributed by atoms with E-state index in [-0.39, 0.29) is 18.1 Å². The van der Waals surface area contributed by atoms with Crippen LogP contribution in [0.5, 0.6) is 0 Å². The van der Waals surface area contributed by atoms with Gasteiger partial charge in [-0.05, 0) is 50.7 Å². The quantitative estimate of drug-likeness (QED) is 0.394. The van der Waals surface area contributed by atoms with Crippen LogP contribution in [0, 0.1) is 0 Å². The highest BCUT2D eigenvalue weighted by Crippen LogP contribution is 2.34. The molecule has 6 rings (SSSR count). The Balaban J connectivity index is 1.42. The second-order valence-corrected chi connectivity index (χ2v) is 9.73. The molecular weight excluding hydrogens is 458 g/mol. The number of nitrogens with one attached hydrogen (secondary N) is 2. The number of fused-ring (bicyclic) bond motifs is 2. The van der Waals surface area contributed by atoms with Gasteiger partial charge >= 0.3 is 0 Å². The molecule has 0 unspecified atom stereocenters. The number of amides is 1. The molecule has 1 saturated heterocycles. The second kappa shape index (κ2) is 9.51. The first kappa shape index (κ1) is 22.9. The van der Waals surface area contributed by atoms with Crippen molar-refractivity contribution < 1.29 is 14.6 Å². The molecule has 2 aliphatic rings. The van der Waals surface area contributed by atoms with Gasteiger partial charge in [0.05, 0.1) is 18.0 Å². The number of nitrogens with zero attached hydrogens (tertiary/aromatic N) is 5. The maximum Gasteiger partial charge on any atom is 0.256 e. The number of carbonyl (C=O) groups is 1. The summed E-state index contributed by atoms with van der Waals surface area (Å²) in [7, 11) is 1.83. The number of aromatic nitrogens is 5.